The molecule has 1 saturated heterocycles. The summed E-state index contributed by atoms with van der Waals surface area (Å²) >= 11 is 0. The molecule has 3 aliphatic rings. The van der Waals surface area contributed by atoms with Crippen molar-refractivity contribution < 1.29 is 0 Å². The van der Waals surface area contributed by atoms with Gasteiger partial charge in [0.05, 0.1) is 0 Å². The van der Waals surface area contributed by atoms with Crippen LogP contribution in [-0.2, 0) is 0 Å². The van der Waals surface area contributed by atoms with Crippen molar-refractivity contribution >= 4 is 0 Å². The molecule has 1 aliphatic heterocycles. The van der Waals surface area contributed by atoms with E-state index in [1.54, 1.807) is 12.8 Å². The topological polar surface area (TPSA) is 12.0 Å². The Morgan fingerprint density at radius 1 is 0.889 bits per heavy atom. The van der Waals surface area contributed by atoms with Gasteiger partial charge in [-0.2, -0.15) is 0 Å². The zero-order valence-corrected chi connectivity index (χ0v) is 5.64. The minimum Gasteiger partial charge on any atom is -0.316 e. The van der Waals surface area contributed by atoms with Gasteiger partial charge in [-0.3, -0.25) is 0 Å². The summed E-state index contributed by atoms with van der Waals surface area (Å²) in [6, 6.07) is 0. The van der Waals surface area contributed by atoms with Crippen LogP contribution < -0.4 is 5.32 Å². The van der Waals surface area contributed by atoms with Crippen molar-refractivity contribution in [3.05, 3.63) is 0 Å². The quantitative estimate of drug-likeness (QED) is 0.504. The molecule has 0 aromatic rings. The Labute approximate surface area is 55.8 Å². The lowest BCUT2D eigenvalue weighted by molar-refractivity contribution is 0.322. The van der Waals surface area contributed by atoms with Crippen LogP contribution in [0.1, 0.15) is 12.8 Å². The van der Waals surface area contributed by atoms with Gasteiger partial charge in [-0.1, -0.05) is 0 Å². The molecule has 0 spiro atoms. The van der Waals surface area contributed by atoms with Crippen LogP contribution in [0.5, 0.6) is 0 Å². The van der Waals surface area contributed by atoms with Gasteiger partial charge < -0.3 is 5.32 Å². The van der Waals surface area contributed by atoms with Crippen LogP contribution in [0.25, 0.3) is 0 Å². The summed E-state index contributed by atoms with van der Waals surface area (Å²) in [4.78, 5) is 0. The largest absolute Gasteiger partial charge is 0.316 e. The van der Waals surface area contributed by atoms with Gasteiger partial charge in [0.25, 0.3) is 0 Å². The van der Waals surface area contributed by atoms with E-state index >= 15 is 0 Å². The predicted octanol–water partition coefficient (Wildman–Crippen LogP) is 0.862. The third kappa shape index (κ3) is 0.493. The first-order valence-electron chi connectivity index (χ1n) is 4.16. The van der Waals surface area contributed by atoms with Crippen molar-refractivity contribution in [2.45, 2.75) is 12.8 Å². The van der Waals surface area contributed by atoms with Gasteiger partial charge in [-0.15, -0.1) is 0 Å². The maximum Gasteiger partial charge on any atom is -0.00175 e. The number of nitrogens with one attached hydrogen (secondary N) is 1. The van der Waals surface area contributed by atoms with Crippen LogP contribution in [0, 0.1) is 23.7 Å². The third-order valence-corrected chi connectivity index (χ3v) is 3.52. The zero-order chi connectivity index (χ0) is 5.84. The van der Waals surface area contributed by atoms with E-state index in [9.17, 15) is 0 Å². The molecule has 3 fully saturated rings. The van der Waals surface area contributed by atoms with E-state index in [2.05, 4.69) is 5.32 Å². The van der Waals surface area contributed by atoms with Gasteiger partial charge in [0.1, 0.15) is 0 Å². The Kier molecular flexibility index (Phi) is 0.704. The Bertz CT molecular complexity index is 130. The summed E-state index contributed by atoms with van der Waals surface area (Å²) in [5.74, 6) is 4.53. The zero-order valence-electron chi connectivity index (χ0n) is 5.64. The second-order valence-electron chi connectivity index (χ2n) is 3.98. The molecule has 0 amide bonds. The molecular formula is C8H13N. The normalized spacial score (nSPS) is 61.3. The molecule has 1 nitrogen and oxygen atoms in total. The summed E-state index contributed by atoms with van der Waals surface area (Å²) in [5.41, 5.74) is 0. The maximum absolute atomic E-state index is 3.51. The van der Waals surface area contributed by atoms with Crippen LogP contribution in [0.15, 0.2) is 0 Å². The first kappa shape index (κ1) is 4.73. The molecule has 2 saturated carbocycles. The standard InChI is InChI=1S/C8H13N/c1-5-3-9-4-6(1)8-2-7(5)8/h5-9H,1-4H2. The van der Waals surface area contributed by atoms with E-state index in [4.69, 9.17) is 0 Å². The predicted molar refractivity (Wildman–Crippen MR) is 36.1 cm³/mol. The fourth-order valence-corrected chi connectivity index (χ4v) is 2.98. The highest BCUT2D eigenvalue weighted by molar-refractivity contribution is 5.05. The second-order valence-corrected chi connectivity index (χ2v) is 3.98. The molecule has 0 aromatic carbocycles. The van der Waals surface area contributed by atoms with E-state index < -0.39 is 0 Å². The smallest absolute Gasteiger partial charge is 0.00175 e. The van der Waals surface area contributed by atoms with Crippen molar-refractivity contribution in [1.82, 2.24) is 5.32 Å². The van der Waals surface area contributed by atoms with Crippen LogP contribution in [-0.4, -0.2) is 13.1 Å². The fourth-order valence-electron chi connectivity index (χ4n) is 2.98. The first-order valence-corrected chi connectivity index (χ1v) is 4.16. The molecule has 2 aliphatic carbocycles. The number of rotatable bonds is 0. The van der Waals surface area contributed by atoms with Crippen LogP contribution >= 0.6 is 0 Å². The van der Waals surface area contributed by atoms with Gasteiger partial charge in [-0.05, 0) is 49.6 Å². The number of piperidine rings is 1. The molecule has 9 heavy (non-hydrogen) atoms. The summed E-state index contributed by atoms with van der Waals surface area (Å²) in [7, 11) is 0. The molecule has 4 unspecified atom stereocenters. The van der Waals surface area contributed by atoms with E-state index in [0.717, 1.165) is 11.8 Å². The van der Waals surface area contributed by atoms with Gasteiger partial charge in [0.2, 0.25) is 0 Å². The molecule has 0 aromatic heterocycles. The van der Waals surface area contributed by atoms with Crippen LogP contribution in [0.4, 0.5) is 0 Å². The van der Waals surface area contributed by atoms with E-state index in [-0.39, 0.29) is 0 Å². The molecule has 0 radical (unpaired) electrons. The Hall–Kier alpha value is -0.0400. The van der Waals surface area contributed by atoms with Crippen LogP contribution in [0.2, 0.25) is 0 Å². The van der Waals surface area contributed by atoms with Gasteiger partial charge in [0, 0.05) is 0 Å². The molecule has 3 rings (SSSR count). The van der Waals surface area contributed by atoms with Crippen molar-refractivity contribution in [3.63, 3.8) is 0 Å². The number of fused-ring (bicyclic) bond motifs is 5. The average Bonchev–Trinajstić information content (AvgIpc) is 2.62. The van der Waals surface area contributed by atoms with Crippen molar-refractivity contribution in [3.8, 4) is 0 Å². The Morgan fingerprint density at radius 2 is 1.56 bits per heavy atom. The van der Waals surface area contributed by atoms with Crippen molar-refractivity contribution in [1.29, 1.82) is 0 Å². The summed E-state index contributed by atoms with van der Waals surface area (Å²) in [6.45, 7) is 2.66. The van der Waals surface area contributed by atoms with Crippen LogP contribution in [0.3, 0.4) is 0 Å². The first-order chi connectivity index (χ1) is 4.45. The molecular weight excluding hydrogens is 110 g/mol. The molecule has 1 N–H and O–H groups in total. The molecule has 2 bridgehead atoms. The monoisotopic (exact) mass is 123 g/mol. The molecule has 50 valence electrons. The highest BCUT2D eigenvalue weighted by Crippen LogP contribution is 2.59. The van der Waals surface area contributed by atoms with E-state index in [0.29, 0.717) is 0 Å². The lowest BCUT2D eigenvalue weighted by Gasteiger charge is -2.23. The fraction of sp³-hybridized carbons (Fsp3) is 1.00. The lowest BCUT2D eigenvalue weighted by Crippen LogP contribution is -2.33. The van der Waals surface area contributed by atoms with Gasteiger partial charge in [0.15, 0.2) is 0 Å². The SMILES string of the molecule is C1NCC2CC1C1CC21. The maximum atomic E-state index is 3.51. The Balaban J connectivity index is 1.92. The van der Waals surface area contributed by atoms with E-state index in [1.807, 2.05) is 0 Å². The van der Waals surface area contributed by atoms with Crippen molar-refractivity contribution in [2.24, 2.45) is 23.7 Å². The second kappa shape index (κ2) is 1.34. The molecule has 1 heterocycles. The highest BCUT2D eigenvalue weighted by atomic mass is 14.9. The minimum absolute atomic E-state index is 1.09. The third-order valence-electron chi connectivity index (χ3n) is 3.52. The minimum atomic E-state index is 1.09. The summed E-state index contributed by atoms with van der Waals surface area (Å²) < 4.78 is 0. The Morgan fingerprint density at radius 3 is 2.11 bits per heavy atom. The van der Waals surface area contributed by atoms with Crippen molar-refractivity contribution in [2.75, 3.05) is 13.1 Å². The molecule has 4 atom stereocenters. The lowest BCUT2D eigenvalue weighted by atomic mass is 9.94. The summed E-state index contributed by atoms with van der Waals surface area (Å²) in [5, 5.41) is 3.51. The van der Waals surface area contributed by atoms with Gasteiger partial charge in [-0.25, -0.2) is 0 Å². The van der Waals surface area contributed by atoms with E-state index in [1.165, 1.54) is 24.9 Å². The highest BCUT2D eigenvalue weighted by Gasteiger charge is 2.54. The number of hydrogen-bond donors (Lipinski definition) is 1. The number of hydrogen-bond acceptors (Lipinski definition) is 1. The molecule has 1 heteroatoms. The summed E-state index contributed by atoms with van der Waals surface area (Å²) in [6.07, 6.45) is 3.14. The van der Waals surface area contributed by atoms with Gasteiger partial charge >= 0.3 is 0 Å². The average molecular weight is 123 g/mol.